The molecule has 0 amide bonds. The number of ether oxygens (including phenoxy) is 1. The van der Waals surface area contributed by atoms with Crippen molar-refractivity contribution in [1.82, 2.24) is 4.90 Å². The number of hydrogen-bond acceptors (Lipinski definition) is 3. The fourth-order valence-corrected chi connectivity index (χ4v) is 1.72. The van der Waals surface area contributed by atoms with E-state index in [2.05, 4.69) is 11.9 Å². The van der Waals surface area contributed by atoms with Gasteiger partial charge < -0.3 is 14.7 Å². The van der Waals surface area contributed by atoms with Crippen molar-refractivity contribution in [3.8, 4) is 11.5 Å². The second kappa shape index (κ2) is 3.88. The Morgan fingerprint density at radius 1 is 1.43 bits per heavy atom. The van der Waals surface area contributed by atoms with Crippen molar-refractivity contribution in [2.75, 3.05) is 26.7 Å². The topological polar surface area (TPSA) is 32.7 Å². The summed E-state index contributed by atoms with van der Waals surface area (Å²) in [5, 5.41) is 9.43. The van der Waals surface area contributed by atoms with E-state index in [0.717, 1.165) is 13.1 Å². The third-order valence-electron chi connectivity index (χ3n) is 2.48. The van der Waals surface area contributed by atoms with Crippen molar-refractivity contribution in [1.29, 1.82) is 0 Å². The van der Waals surface area contributed by atoms with E-state index < -0.39 is 0 Å². The van der Waals surface area contributed by atoms with Gasteiger partial charge in [-0.05, 0) is 19.2 Å². The minimum atomic E-state index is 0.222. The predicted molar refractivity (Wildman–Crippen MR) is 54.6 cm³/mol. The van der Waals surface area contributed by atoms with Crippen molar-refractivity contribution in [2.24, 2.45) is 5.92 Å². The summed E-state index contributed by atoms with van der Waals surface area (Å²) in [5.41, 5.74) is 0. The molecule has 2 rings (SSSR count). The molecule has 0 saturated carbocycles. The molecular weight excluding hydrogens is 178 g/mol. The average Bonchev–Trinajstić information content (AvgIpc) is 2.13. The molecule has 0 spiro atoms. The third kappa shape index (κ3) is 1.99. The Kier molecular flexibility index (Phi) is 2.59. The van der Waals surface area contributed by atoms with E-state index in [1.165, 1.54) is 0 Å². The second-order valence-electron chi connectivity index (χ2n) is 3.87. The molecule has 0 unspecified atom stereocenters. The highest BCUT2D eigenvalue weighted by Crippen LogP contribution is 2.25. The molecule has 1 aromatic carbocycles. The molecule has 0 aliphatic carbocycles. The number of likely N-dealkylation sites (tertiary alicyclic amines) is 1. The summed E-state index contributed by atoms with van der Waals surface area (Å²) in [6.07, 6.45) is 0. The molecule has 0 radical (unpaired) electrons. The molecule has 76 valence electrons. The highest BCUT2D eigenvalue weighted by Gasteiger charge is 2.23. The highest BCUT2D eigenvalue weighted by molar-refractivity contribution is 5.37. The first-order valence-electron chi connectivity index (χ1n) is 4.85. The van der Waals surface area contributed by atoms with Gasteiger partial charge in [-0.15, -0.1) is 0 Å². The van der Waals surface area contributed by atoms with Crippen LogP contribution in [-0.2, 0) is 0 Å². The Bertz CT molecular complexity index is 308. The maximum atomic E-state index is 9.43. The quantitative estimate of drug-likeness (QED) is 0.786. The number of aromatic hydroxyl groups is 1. The SMILES string of the molecule is CN1CC(COc2ccccc2O)C1. The van der Waals surface area contributed by atoms with Crippen LogP contribution in [0.25, 0.3) is 0 Å². The van der Waals surface area contributed by atoms with E-state index in [9.17, 15) is 5.11 Å². The van der Waals surface area contributed by atoms with E-state index in [-0.39, 0.29) is 5.75 Å². The number of nitrogens with zero attached hydrogens (tertiary/aromatic N) is 1. The average molecular weight is 193 g/mol. The molecular formula is C11H15NO2. The Morgan fingerprint density at radius 2 is 2.14 bits per heavy atom. The normalized spacial score (nSPS) is 17.8. The first-order valence-corrected chi connectivity index (χ1v) is 4.85. The summed E-state index contributed by atoms with van der Waals surface area (Å²) in [5.74, 6) is 1.42. The van der Waals surface area contributed by atoms with Crippen LogP contribution < -0.4 is 4.74 Å². The number of hydrogen-bond donors (Lipinski definition) is 1. The van der Waals surface area contributed by atoms with Gasteiger partial charge in [0.2, 0.25) is 0 Å². The molecule has 1 aliphatic heterocycles. The minimum absolute atomic E-state index is 0.222. The number of phenolic OH excluding ortho intramolecular Hbond substituents is 1. The van der Waals surface area contributed by atoms with Crippen LogP contribution in [0.2, 0.25) is 0 Å². The van der Waals surface area contributed by atoms with E-state index >= 15 is 0 Å². The number of phenols is 1. The number of rotatable bonds is 3. The lowest BCUT2D eigenvalue weighted by molar-refractivity contribution is 0.0846. The molecule has 0 aromatic heterocycles. The zero-order chi connectivity index (χ0) is 9.97. The Labute approximate surface area is 83.9 Å². The van der Waals surface area contributed by atoms with E-state index in [1.54, 1.807) is 18.2 Å². The van der Waals surface area contributed by atoms with Crippen molar-refractivity contribution in [3.05, 3.63) is 24.3 Å². The van der Waals surface area contributed by atoms with Gasteiger partial charge in [0.25, 0.3) is 0 Å². The van der Waals surface area contributed by atoms with Crippen LogP contribution in [0.15, 0.2) is 24.3 Å². The van der Waals surface area contributed by atoms with Crippen LogP contribution in [0.1, 0.15) is 0 Å². The lowest BCUT2D eigenvalue weighted by atomic mass is 10.0. The predicted octanol–water partition coefficient (Wildman–Crippen LogP) is 1.33. The monoisotopic (exact) mass is 193 g/mol. The number of benzene rings is 1. The van der Waals surface area contributed by atoms with Gasteiger partial charge in [-0.2, -0.15) is 0 Å². The van der Waals surface area contributed by atoms with Crippen molar-refractivity contribution in [2.45, 2.75) is 0 Å². The number of para-hydroxylation sites is 2. The summed E-state index contributed by atoms with van der Waals surface area (Å²) in [7, 11) is 2.09. The van der Waals surface area contributed by atoms with Crippen LogP contribution in [0.3, 0.4) is 0 Å². The van der Waals surface area contributed by atoms with Gasteiger partial charge in [-0.25, -0.2) is 0 Å². The van der Waals surface area contributed by atoms with Gasteiger partial charge in [0.1, 0.15) is 0 Å². The van der Waals surface area contributed by atoms with Crippen molar-refractivity contribution < 1.29 is 9.84 Å². The third-order valence-corrected chi connectivity index (χ3v) is 2.48. The molecule has 1 aromatic rings. The molecule has 3 nitrogen and oxygen atoms in total. The Hall–Kier alpha value is -1.22. The van der Waals surface area contributed by atoms with Gasteiger partial charge >= 0.3 is 0 Å². The Balaban J connectivity index is 1.83. The van der Waals surface area contributed by atoms with Crippen LogP contribution in [0.5, 0.6) is 11.5 Å². The lowest BCUT2D eigenvalue weighted by Gasteiger charge is -2.35. The van der Waals surface area contributed by atoms with Crippen LogP contribution in [0.4, 0.5) is 0 Å². The summed E-state index contributed by atoms with van der Waals surface area (Å²) in [6.45, 7) is 2.88. The molecule has 1 fully saturated rings. The molecule has 14 heavy (non-hydrogen) atoms. The van der Waals surface area contributed by atoms with Gasteiger partial charge in [-0.3, -0.25) is 0 Å². The highest BCUT2D eigenvalue weighted by atomic mass is 16.5. The van der Waals surface area contributed by atoms with Crippen molar-refractivity contribution in [3.63, 3.8) is 0 Å². The summed E-state index contributed by atoms with van der Waals surface area (Å²) < 4.78 is 5.51. The molecule has 1 saturated heterocycles. The molecule has 0 bridgehead atoms. The largest absolute Gasteiger partial charge is 0.504 e. The zero-order valence-electron chi connectivity index (χ0n) is 8.31. The van der Waals surface area contributed by atoms with E-state index in [0.29, 0.717) is 18.3 Å². The molecule has 0 atom stereocenters. The molecule has 1 aliphatic rings. The van der Waals surface area contributed by atoms with Gasteiger partial charge in [0.15, 0.2) is 11.5 Å². The summed E-state index contributed by atoms with van der Waals surface area (Å²) in [6, 6.07) is 7.08. The van der Waals surface area contributed by atoms with Crippen LogP contribution in [0, 0.1) is 5.92 Å². The lowest BCUT2D eigenvalue weighted by Crippen LogP contribution is -2.46. The summed E-state index contributed by atoms with van der Waals surface area (Å²) >= 11 is 0. The first kappa shape index (κ1) is 9.34. The molecule has 1 N–H and O–H groups in total. The first-order chi connectivity index (χ1) is 6.75. The van der Waals surface area contributed by atoms with Crippen LogP contribution >= 0.6 is 0 Å². The fourth-order valence-electron chi connectivity index (χ4n) is 1.72. The summed E-state index contributed by atoms with van der Waals surface area (Å²) in [4.78, 5) is 2.25. The van der Waals surface area contributed by atoms with E-state index in [1.807, 2.05) is 6.07 Å². The van der Waals surface area contributed by atoms with Gasteiger partial charge in [-0.1, -0.05) is 12.1 Å². The zero-order valence-corrected chi connectivity index (χ0v) is 8.31. The van der Waals surface area contributed by atoms with Gasteiger partial charge in [0, 0.05) is 19.0 Å². The standard InChI is InChI=1S/C11H15NO2/c1-12-6-9(7-12)8-14-11-5-3-2-4-10(11)13/h2-5,9,13H,6-8H2,1H3. The van der Waals surface area contributed by atoms with Gasteiger partial charge in [0.05, 0.1) is 6.61 Å². The second-order valence-corrected chi connectivity index (χ2v) is 3.87. The molecule has 1 heterocycles. The van der Waals surface area contributed by atoms with Crippen LogP contribution in [-0.4, -0.2) is 36.8 Å². The molecule has 3 heteroatoms. The fraction of sp³-hybridized carbons (Fsp3) is 0.455. The minimum Gasteiger partial charge on any atom is -0.504 e. The maximum Gasteiger partial charge on any atom is 0.160 e. The smallest absolute Gasteiger partial charge is 0.160 e. The van der Waals surface area contributed by atoms with Crippen molar-refractivity contribution >= 4 is 0 Å². The Morgan fingerprint density at radius 3 is 2.79 bits per heavy atom. The van der Waals surface area contributed by atoms with E-state index in [4.69, 9.17) is 4.74 Å². The maximum absolute atomic E-state index is 9.43.